The van der Waals surface area contributed by atoms with Crippen molar-refractivity contribution < 1.29 is 0 Å². The van der Waals surface area contributed by atoms with Gasteiger partial charge in [-0.25, -0.2) is 0 Å². The molecule has 5 rings (SSSR count). The molecular formula is C29H36N4S. The van der Waals surface area contributed by atoms with Gasteiger partial charge >= 0.3 is 0 Å². The van der Waals surface area contributed by atoms with Gasteiger partial charge in [-0.3, -0.25) is 0 Å². The number of rotatable bonds is 6. The minimum absolute atomic E-state index is 0.0619. The van der Waals surface area contributed by atoms with Gasteiger partial charge in [0.1, 0.15) is 4.83 Å². The lowest BCUT2D eigenvalue weighted by Gasteiger charge is -2.45. The van der Waals surface area contributed by atoms with E-state index in [4.69, 9.17) is 0 Å². The van der Waals surface area contributed by atoms with Crippen molar-refractivity contribution in [1.82, 2.24) is 15.6 Å². The minimum Gasteiger partial charge on any atom is -0.346 e. The molecule has 5 heteroatoms. The molecule has 0 bridgehead atoms. The SMILES string of the molecule is Cc1cccc(-c2[nH]c3sc(C4CC=CC(NC5(CC#N)CNC5)C4)c(C)c3c2C(C)C)c1C. The van der Waals surface area contributed by atoms with Crippen LogP contribution in [0.3, 0.4) is 0 Å². The van der Waals surface area contributed by atoms with Crippen LogP contribution >= 0.6 is 11.3 Å². The van der Waals surface area contributed by atoms with Crippen LogP contribution in [0.5, 0.6) is 0 Å². The van der Waals surface area contributed by atoms with E-state index in [-0.39, 0.29) is 5.54 Å². The number of hydrogen-bond donors (Lipinski definition) is 3. The summed E-state index contributed by atoms with van der Waals surface area (Å²) in [6.45, 7) is 13.2. The maximum absolute atomic E-state index is 9.29. The fourth-order valence-electron chi connectivity index (χ4n) is 5.91. The Hall–Kier alpha value is -2.39. The highest BCUT2D eigenvalue weighted by molar-refractivity contribution is 7.19. The second-order valence-corrected chi connectivity index (χ2v) is 11.7. The fraction of sp³-hybridized carbons (Fsp3) is 0.483. The first-order chi connectivity index (χ1) is 16.3. The van der Waals surface area contributed by atoms with Crippen LogP contribution in [0, 0.1) is 32.1 Å². The summed E-state index contributed by atoms with van der Waals surface area (Å²) < 4.78 is 0. The predicted octanol–water partition coefficient (Wildman–Crippen LogP) is 6.59. The first-order valence-corrected chi connectivity index (χ1v) is 13.4. The van der Waals surface area contributed by atoms with Gasteiger partial charge in [-0.05, 0) is 67.7 Å². The molecule has 2 aromatic heterocycles. The Morgan fingerprint density at radius 1 is 1.21 bits per heavy atom. The van der Waals surface area contributed by atoms with Gasteiger partial charge in [0.2, 0.25) is 0 Å². The molecule has 2 unspecified atom stereocenters. The zero-order valence-corrected chi connectivity index (χ0v) is 21.8. The van der Waals surface area contributed by atoms with E-state index in [1.807, 2.05) is 11.3 Å². The zero-order chi connectivity index (χ0) is 24.0. The Kier molecular flexibility index (Phi) is 6.18. The molecule has 0 amide bonds. The largest absolute Gasteiger partial charge is 0.346 e. The van der Waals surface area contributed by atoms with E-state index in [2.05, 4.69) is 86.7 Å². The molecule has 1 fully saturated rings. The summed E-state index contributed by atoms with van der Waals surface area (Å²) in [6, 6.07) is 9.33. The van der Waals surface area contributed by atoms with Crippen LogP contribution in [0.2, 0.25) is 0 Å². The van der Waals surface area contributed by atoms with Gasteiger partial charge in [0.05, 0.1) is 23.7 Å². The van der Waals surface area contributed by atoms with Crippen LogP contribution < -0.4 is 10.6 Å². The number of hydrogen-bond acceptors (Lipinski definition) is 4. The third kappa shape index (κ3) is 3.92. The van der Waals surface area contributed by atoms with E-state index < -0.39 is 0 Å². The molecule has 1 aliphatic carbocycles. The summed E-state index contributed by atoms with van der Waals surface area (Å²) in [4.78, 5) is 6.69. The van der Waals surface area contributed by atoms with Gasteiger partial charge in [0.15, 0.2) is 0 Å². The predicted molar refractivity (Wildman–Crippen MR) is 144 cm³/mol. The molecule has 2 atom stereocenters. The van der Waals surface area contributed by atoms with E-state index in [0.717, 1.165) is 25.9 Å². The summed E-state index contributed by atoms with van der Waals surface area (Å²) in [5, 5.41) is 17.9. The van der Waals surface area contributed by atoms with Crippen LogP contribution in [0.4, 0.5) is 0 Å². The average Bonchev–Trinajstić information content (AvgIpc) is 3.31. The molecule has 1 saturated heterocycles. The monoisotopic (exact) mass is 472 g/mol. The quantitative estimate of drug-likeness (QED) is 0.355. The highest BCUT2D eigenvalue weighted by Crippen LogP contribution is 2.46. The first-order valence-electron chi connectivity index (χ1n) is 12.6. The molecule has 2 aliphatic rings. The van der Waals surface area contributed by atoms with E-state index in [9.17, 15) is 5.26 Å². The summed E-state index contributed by atoms with van der Waals surface area (Å²) in [7, 11) is 0. The van der Waals surface area contributed by atoms with Crippen LogP contribution in [-0.4, -0.2) is 29.7 Å². The zero-order valence-electron chi connectivity index (χ0n) is 21.0. The topological polar surface area (TPSA) is 63.6 Å². The Labute approximate surface area is 207 Å². The van der Waals surface area contributed by atoms with Gasteiger partial charge in [-0.1, -0.05) is 44.2 Å². The third-order valence-electron chi connectivity index (χ3n) is 7.95. The number of allylic oxidation sites excluding steroid dienone is 1. The normalized spacial score (nSPS) is 21.7. The van der Waals surface area contributed by atoms with Crippen molar-refractivity contribution in [3.63, 3.8) is 0 Å². The van der Waals surface area contributed by atoms with Crippen LogP contribution in [0.1, 0.15) is 72.1 Å². The van der Waals surface area contributed by atoms with Crippen LogP contribution in [-0.2, 0) is 0 Å². The number of aryl methyl sites for hydroxylation is 2. The van der Waals surface area contributed by atoms with Crippen molar-refractivity contribution in [2.45, 2.75) is 77.3 Å². The molecule has 178 valence electrons. The second kappa shape index (κ2) is 9.00. The Morgan fingerprint density at radius 2 is 2.00 bits per heavy atom. The van der Waals surface area contributed by atoms with E-state index >= 15 is 0 Å². The summed E-state index contributed by atoms with van der Waals surface area (Å²) in [5.74, 6) is 0.965. The standard InChI is InChI=1S/C29H36N4S/c1-17(2)24-25-20(5)27(34-28(25)32-26(24)23-11-6-8-18(3)19(23)4)21-9-7-10-22(14-21)33-29(12-13-30)15-31-16-29/h6-8,10-11,17,21-22,31-33H,9,12,14-16H2,1-5H3. The van der Waals surface area contributed by atoms with Crippen molar-refractivity contribution in [3.8, 4) is 17.3 Å². The number of H-pyrrole nitrogens is 1. The Balaban J connectivity index is 1.49. The summed E-state index contributed by atoms with van der Waals surface area (Å²) in [6.07, 6.45) is 7.41. The lowest BCUT2D eigenvalue weighted by molar-refractivity contribution is 0.198. The molecular weight excluding hydrogens is 436 g/mol. The van der Waals surface area contributed by atoms with Crippen molar-refractivity contribution in [3.05, 3.63) is 57.5 Å². The fourth-order valence-corrected chi connectivity index (χ4v) is 7.26. The molecule has 3 N–H and O–H groups in total. The first kappa shape index (κ1) is 23.4. The maximum atomic E-state index is 9.29. The molecule has 0 radical (unpaired) electrons. The summed E-state index contributed by atoms with van der Waals surface area (Å²) >= 11 is 1.96. The van der Waals surface area contributed by atoms with Crippen molar-refractivity contribution in [2.24, 2.45) is 0 Å². The number of fused-ring (bicyclic) bond motifs is 1. The second-order valence-electron chi connectivity index (χ2n) is 10.7. The van der Waals surface area contributed by atoms with Crippen molar-refractivity contribution in [1.29, 1.82) is 5.26 Å². The molecule has 0 saturated carbocycles. The number of nitrogens with one attached hydrogen (secondary N) is 3. The molecule has 3 aromatic rings. The van der Waals surface area contributed by atoms with Crippen LogP contribution in [0.25, 0.3) is 21.5 Å². The van der Waals surface area contributed by atoms with Crippen LogP contribution in [0.15, 0.2) is 30.4 Å². The number of aromatic amines is 1. The highest BCUT2D eigenvalue weighted by Gasteiger charge is 2.39. The molecule has 1 aromatic carbocycles. The number of thiophene rings is 1. The minimum atomic E-state index is -0.0619. The molecule has 4 nitrogen and oxygen atoms in total. The number of aromatic nitrogens is 1. The highest BCUT2D eigenvalue weighted by atomic mass is 32.1. The van der Waals surface area contributed by atoms with Gasteiger partial charge in [0, 0.05) is 35.0 Å². The van der Waals surface area contributed by atoms with Crippen molar-refractivity contribution in [2.75, 3.05) is 13.1 Å². The summed E-state index contributed by atoms with van der Waals surface area (Å²) in [5.41, 5.74) is 8.17. The lowest BCUT2D eigenvalue weighted by Crippen LogP contribution is -2.69. The molecule has 1 aliphatic heterocycles. The molecule has 0 spiro atoms. The Morgan fingerprint density at radius 3 is 2.68 bits per heavy atom. The maximum Gasteiger partial charge on any atom is 0.101 e. The van der Waals surface area contributed by atoms with Crippen molar-refractivity contribution >= 4 is 21.6 Å². The van der Waals surface area contributed by atoms with E-state index in [1.165, 1.54) is 48.6 Å². The number of nitriles is 1. The lowest BCUT2D eigenvalue weighted by atomic mass is 9.83. The average molecular weight is 473 g/mol. The van der Waals surface area contributed by atoms with Gasteiger partial charge in [-0.2, -0.15) is 5.26 Å². The molecule has 3 heterocycles. The van der Waals surface area contributed by atoms with E-state index in [0.29, 0.717) is 24.3 Å². The smallest absolute Gasteiger partial charge is 0.101 e. The number of benzene rings is 1. The Bertz CT molecular complexity index is 1280. The van der Waals surface area contributed by atoms with Gasteiger partial charge in [-0.15, -0.1) is 11.3 Å². The molecule has 34 heavy (non-hydrogen) atoms. The van der Waals surface area contributed by atoms with E-state index in [1.54, 1.807) is 0 Å². The van der Waals surface area contributed by atoms with Gasteiger partial charge < -0.3 is 15.6 Å². The number of nitrogens with zero attached hydrogens (tertiary/aromatic N) is 1. The third-order valence-corrected chi connectivity index (χ3v) is 9.32. The van der Waals surface area contributed by atoms with Gasteiger partial charge in [0.25, 0.3) is 0 Å².